The number of methoxy groups -OCH3 is 1. The van der Waals surface area contributed by atoms with Crippen molar-refractivity contribution in [1.29, 1.82) is 0 Å². The molecule has 0 unspecified atom stereocenters. The largest absolute Gasteiger partial charge is 0.707 e. The molecule has 2 heterocycles. The van der Waals surface area contributed by atoms with Crippen molar-refractivity contribution < 1.29 is 19.4 Å². The lowest BCUT2D eigenvalue weighted by Crippen LogP contribution is -2.21. The molecule has 4 N–H and O–H groups in total. The Labute approximate surface area is 160 Å². The average molecular weight is 377 g/mol. The van der Waals surface area contributed by atoms with Crippen LogP contribution in [0.2, 0.25) is 0 Å². The Bertz CT molecular complexity index is 1130. The molecule has 0 radical (unpaired) electrons. The van der Waals surface area contributed by atoms with Crippen LogP contribution in [0.3, 0.4) is 0 Å². The molecule has 0 aliphatic rings. The summed E-state index contributed by atoms with van der Waals surface area (Å²) < 4.78 is 12.1. The van der Waals surface area contributed by atoms with Crippen molar-refractivity contribution in [3.8, 4) is 28.3 Å². The minimum Gasteiger partial charge on any atom is -0.509 e. The molecule has 28 heavy (non-hydrogen) atoms. The second-order valence-corrected chi connectivity index (χ2v) is 5.95. The molecule has 140 valence electrons. The van der Waals surface area contributed by atoms with Gasteiger partial charge in [0.05, 0.1) is 30.2 Å². The number of benzene rings is 2. The van der Waals surface area contributed by atoms with Crippen LogP contribution in [-0.2, 0) is 0 Å². The lowest BCUT2D eigenvalue weighted by Gasteiger charge is -2.17. The highest BCUT2D eigenvalue weighted by atomic mass is 16.6. The number of nitrogens with two attached hydrogens (primary N) is 1. The first-order valence-corrected chi connectivity index (χ1v) is 8.33. The van der Waals surface area contributed by atoms with Crippen LogP contribution in [-0.4, -0.2) is 44.5 Å². The number of hydrogen-bond acceptors (Lipinski definition) is 8. The third kappa shape index (κ3) is 3.22. The van der Waals surface area contributed by atoms with Gasteiger partial charge in [-0.25, -0.2) is 4.68 Å². The molecule has 0 amide bonds. The summed E-state index contributed by atoms with van der Waals surface area (Å²) in [5.74, 6) is 0.495. The Morgan fingerprint density at radius 2 is 2.00 bits per heavy atom. The number of fused-ring (bicyclic) bond motifs is 1. The van der Waals surface area contributed by atoms with Crippen LogP contribution in [0, 0.1) is 0 Å². The maximum Gasteiger partial charge on any atom is 0.707 e. The molecule has 4 aromatic rings. The zero-order chi connectivity index (χ0) is 19.7. The van der Waals surface area contributed by atoms with E-state index in [1.165, 1.54) is 13.3 Å². The first kappa shape index (κ1) is 17.8. The second-order valence-electron chi connectivity index (χ2n) is 5.95. The standard InChI is InChI=1S/C18H16BN5O4/c1-27-17-9-16(24-6-2-5-22-24)13(8-18(17)28-19(25)26)11-3-4-12-14(20)10-21-23-15(12)7-11/h2-10,25-26H,1H3,(H2,20,23). The van der Waals surface area contributed by atoms with Gasteiger partial charge in [0.2, 0.25) is 0 Å². The highest BCUT2D eigenvalue weighted by Crippen LogP contribution is 2.38. The Balaban J connectivity index is 1.95. The number of nitrogen functional groups attached to an aromatic ring is 1. The maximum atomic E-state index is 9.24. The molecule has 10 heteroatoms. The number of nitrogens with zero attached hydrogens (tertiary/aromatic N) is 4. The van der Waals surface area contributed by atoms with E-state index >= 15 is 0 Å². The second kappa shape index (κ2) is 7.18. The quantitative estimate of drug-likeness (QED) is 0.446. The van der Waals surface area contributed by atoms with Crippen molar-refractivity contribution in [1.82, 2.24) is 20.0 Å². The van der Waals surface area contributed by atoms with Crippen LogP contribution in [0.1, 0.15) is 0 Å². The van der Waals surface area contributed by atoms with Crippen molar-refractivity contribution in [2.24, 2.45) is 0 Å². The molecule has 0 fully saturated rings. The van der Waals surface area contributed by atoms with Gasteiger partial charge in [-0.3, -0.25) is 0 Å². The van der Waals surface area contributed by atoms with E-state index in [2.05, 4.69) is 15.3 Å². The number of anilines is 1. The minimum absolute atomic E-state index is 0.169. The fraction of sp³-hybridized carbons (Fsp3) is 0.0556. The molecule has 0 bridgehead atoms. The Hall–Kier alpha value is -3.63. The topological polar surface area (TPSA) is 129 Å². The van der Waals surface area contributed by atoms with Crippen molar-refractivity contribution in [2.75, 3.05) is 12.8 Å². The summed E-state index contributed by atoms with van der Waals surface area (Å²) in [6.45, 7) is 0. The van der Waals surface area contributed by atoms with E-state index < -0.39 is 7.32 Å². The molecule has 2 aromatic carbocycles. The van der Waals surface area contributed by atoms with Crippen LogP contribution in [0.4, 0.5) is 5.69 Å². The lowest BCUT2D eigenvalue weighted by molar-refractivity contribution is 0.279. The van der Waals surface area contributed by atoms with Gasteiger partial charge in [0.25, 0.3) is 0 Å². The predicted molar refractivity (Wildman–Crippen MR) is 104 cm³/mol. The fourth-order valence-electron chi connectivity index (χ4n) is 3.00. The Kier molecular flexibility index (Phi) is 4.56. The number of aromatic nitrogens is 4. The zero-order valence-electron chi connectivity index (χ0n) is 14.9. The van der Waals surface area contributed by atoms with Gasteiger partial charge in [0, 0.05) is 29.4 Å². The fourth-order valence-corrected chi connectivity index (χ4v) is 3.00. The highest BCUT2D eigenvalue weighted by Gasteiger charge is 2.20. The van der Waals surface area contributed by atoms with Gasteiger partial charge in [-0.1, -0.05) is 6.07 Å². The first-order valence-electron chi connectivity index (χ1n) is 8.33. The average Bonchev–Trinajstić information content (AvgIpc) is 3.22. The summed E-state index contributed by atoms with van der Waals surface area (Å²) in [6.07, 6.45) is 4.95. The number of rotatable bonds is 5. The summed E-state index contributed by atoms with van der Waals surface area (Å²) in [6, 6.07) is 10.7. The van der Waals surface area contributed by atoms with Crippen molar-refractivity contribution >= 4 is 23.9 Å². The summed E-state index contributed by atoms with van der Waals surface area (Å²) in [4.78, 5) is 0. The highest BCUT2D eigenvalue weighted by molar-refractivity contribution is 6.33. The smallest absolute Gasteiger partial charge is 0.509 e. The van der Waals surface area contributed by atoms with Gasteiger partial charge in [0.15, 0.2) is 5.75 Å². The van der Waals surface area contributed by atoms with Gasteiger partial charge < -0.3 is 25.2 Å². The lowest BCUT2D eigenvalue weighted by atomic mass is 10.0. The summed E-state index contributed by atoms with van der Waals surface area (Å²) in [5, 5.41) is 31.6. The van der Waals surface area contributed by atoms with Gasteiger partial charge in [0.1, 0.15) is 5.75 Å². The van der Waals surface area contributed by atoms with Crippen LogP contribution < -0.4 is 15.1 Å². The molecule has 9 nitrogen and oxygen atoms in total. The van der Waals surface area contributed by atoms with Crippen molar-refractivity contribution in [2.45, 2.75) is 0 Å². The molecule has 2 aromatic heterocycles. The van der Waals surface area contributed by atoms with E-state index in [0.29, 0.717) is 28.2 Å². The van der Waals surface area contributed by atoms with E-state index in [1.54, 1.807) is 35.3 Å². The predicted octanol–water partition coefficient (Wildman–Crippen LogP) is 1.42. The number of hydrogen-bond donors (Lipinski definition) is 3. The SMILES string of the molecule is COc1cc(-n2cccn2)c(-c2ccc3c(N)cnnc3c2)cc1OB(O)O. The molecule has 0 aliphatic heterocycles. The van der Waals surface area contributed by atoms with E-state index in [4.69, 9.17) is 15.1 Å². The molecule has 0 spiro atoms. The van der Waals surface area contributed by atoms with Crippen LogP contribution in [0.5, 0.6) is 11.5 Å². The summed E-state index contributed by atoms with van der Waals surface area (Å²) in [7, 11) is -0.521. The summed E-state index contributed by atoms with van der Waals surface area (Å²) >= 11 is 0. The van der Waals surface area contributed by atoms with E-state index in [0.717, 1.165) is 10.9 Å². The Morgan fingerprint density at radius 1 is 1.14 bits per heavy atom. The first-order chi connectivity index (χ1) is 13.6. The van der Waals surface area contributed by atoms with Crippen LogP contribution in [0.25, 0.3) is 27.7 Å². The van der Waals surface area contributed by atoms with Gasteiger partial charge in [-0.2, -0.15) is 15.3 Å². The van der Waals surface area contributed by atoms with Gasteiger partial charge in [-0.15, -0.1) is 0 Å². The Morgan fingerprint density at radius 3 is 2.71 bits per heavy atom. The number of ether oxygens (including phenoxy) is 1. The third-order valence-electron chi connectivity index (χ3n) is 4.25. The maximum absolute atomic E-state index is 9.24. The molecule has 0 saturated carbocycles. The molecule has 0 atom stereocenters. The molecule has 0 aliphatic carbocycles. The zero-order valence-corrected chi connectivity index (χ0v) is 14.9. The van der Waals surface area contributed by atoms with Gasteiger partial charge in [-0.05, 0) is 29.8 Å². The normalized spacial score (nSPS) is 10.8. The van der Waals surface area contributed by atoms with Crippen LogP contribution >= 0.6 is 0 Å². The molecule has 0 saturated heterocycles. The van der Waals surface area contributed by atoms with E-state index in [-0.39, 0.29) is 5.75 Å². The minimum atomic E-state index is -1.99. The third-order valence-corrected chi connectivity index (χ3v) is 4.25. The van der Waals surface area contributed by atoms with Gasteiger partial charge >= 0.3 is 7.32 Å². The monoisotopic (exact) mass is 377 g/mol. The molecular formula is C18H16BN5O4. The van der Waals surface area contributed by atoms with E-state index in [1.807, 2.05) is 18.2 Å². The summed E-state index contributed by atoms with van der Waals surface area (Å²) in [5.41, 5.74) is 9.33. The molecule has 4 rings (SSSR count). The van der Waals surface area contributed by atoms with Crippen molar-refractivity contribution in [3.63, 3.8) is 0 Å². The van der Waals surface area contributed by atoms with Crippen LogP contribution in [0.15, 0.2) is 55.0 Å². The molecular weight excluding hydrogens is 361 g/mol. The van der Waals surface area contributed by atoms with Crippen molar-refractivity contribution in [3.05, 3.63) is 55.0 Å². The van der Waals surface area contributed by atoms with E-state index in [9.17, 15) is 10.0 Å².